The Balaban J connectivity index is 1.59. The van der Waals surface area contributed by atoms with E-state index in [9.17, 15) is 13.6 Å². The van der Waals surface area contributed by atoms with Gasteiger partial charge in [0.2, 0.25) is 0 Å². The number of amides is 1. The minimum Gasteiger partial charge on any atom is -0.433 e. The molecule has 1 fully saturated rings. The minimum absolute atomic E-state index is 0.0677. The number of rotatable bonds is 4. The Kier molecular flexibility index (Phi) is 5.16. The molecule has 0 aliphatic carbocycles. The molecule has 0 atom stereocenters. The van der Waals surface area contributed by atoms with E-state index in [0.717, 1.165) is 30.6 Å². The summed E-state index contributed by atoms with van der Waals surface area (Å²) in [7, 11) is 0. The second-order valence-corrected chi connectivity index (χ2v) is 5.88. The van der Waals surface area contributed by atoms with Gasteiger partial charge in [-0.2, -0.15) is 8.78 Å². The second-order valence-electron chi connectivity index (χ2n) is 5.88. The van der Waals surface area contributed by atoms with Gasteiger partial charge in [-0.1, -0.05) is 0 Å². The number of ether oxygens (including phenoxy) is 1. The zero-order valence-corrected chi connectivity index (χ0v) is 13.7. The first-order chi connectivity index (χ1) is 12.0. The summed E-state index contributed by atoms with van der Waals surface area (Å²) in [5.41, 5.74) is 1.14. The highest BCUT2D eigenvalue weighted by atomic mass is 19.3. The summed E-state index contributed by atoms with van der Waals surface area (Å²) in [6.07, 6.45) is 4.44. The van der Waals surface area contributed by atoms with Crippen LogP contribution in [-0.4, -0.2) is 45.5 Å². The molecule has 0 spiro atoms. The van der Waals surface area contributed by atoms with E-state index in [2.05, 4.69) is 19.7 Å². The van der Waals surface area contributed by atoms with Crippen molar-refractivity contribution in [3.05, 3.63) is 47.8 Å². The van der Waals surface area contributed by atoms with Crippen LogP contribution in [0, 0.1) is 6.92 Å². The van der Waals surface area contributed by atoms with E-state index in [0.29, 0.717) is 13.1 Å². The van der Waals surface area contributed by atoms with Crippen molar-refractivity contribution in [3.63, 3.8) is 0 Å². The lowest BCUT2D eigenvalue weighted by Gasteiger charge is -2.31. The molecule has 1 aliphatic heterocycles. The normalized spacial score (nSPS) is 15.4. The van der Waals surface area contributed by atoms with Gasteiger partial charge in [-0.15, -0.1) is 0 Å². The molecule has 8 heteroatoms. The Morgan fingerprint density at radius 1 is 1.24 bits per heavy atom. The van der Waals surface area contributed by atoms with Gasteiger partial charge in [0.15, 0.2) is 0 Å². The van der Waals surface area contributed by atoms with E-state index in [1.54, 1.807) is 11.1 Å². The molecule has 0 aromatic carbocycles. The lowest BCUT2D eigenvalue weighted by atomic mass is 9.95. The standard InChI is InChI=1S/C17H18F2N4O2/c1-11-4-7-20-15(22-11)12-5-8-23(9-6-12)16(24)14-3-2-13(10-21-14)25-17(18)19/h2-4,7,10,12,17H,5-6,8-9H2,1H3. The average Bonchev–Trinajstić information content (AvgIpc) is 2.61. The maximum absolute atomic E-state index is 12.5. The molecule has 1 aliphatic rings. The molecule has 0 bridgehead atoms. The molecular formula is C17H18F2N4O2. The number of hydrogen-bond acceptors (Lipinski definition) is 5. The van der Waals surface area contributed by atoms with Crippen molar-refractivity contribution in [1.82, 2.24) is 19.9 Å². The van der Waals surface area contributed by atoms with Crippen molar-refractivity contribution in [2.24, 2.45) is 0 Å². The average molecular weight is 348 g/mol. The second kappa shape index (κ2) is 7.50. The fraction of sp³-hybridized carbons (Fsp3) is 0.412. The van der Waals surface area contributed by atoms with Gasteiger partial charge >= 0.3 is 6.61 Å². The molecular weight excluding hydrogens is 330 g/mol. The van der Waals surface area contributed by atoms with Gasteiger partial charge in [0.25, 0.3) is 5.91 Å². The Morgan fingerprint density at radius 2 is 2.00 bits per heavy atom. The van der Waals surface area contributed by atoms with Crippen LogP contribution in [0.1, 0.15) is 40.8 Å². The van der Waals surface area contributed by atoms with Crippen molar-refractivity contribution in [3.8, 4) is 5.75 Å². The first-order valence-electron chi connectivity index (χ1n) is 8.02. The van der Waals surface area contributed by atoms with Gasteiger partial charge in [-0.05, 0) is 38.0 Å². The fourth-order valence-corrected chi connectivity index (χ4v) is 2.85. The quantitative estimate of drug-likeness (QED) is 0.850. The number of halogens is 2. The number of carbonyl (C=O) groups is 1. The molecule has 0 unspecified atom stereocenters. The van der Waals surface area contributed by atoms with Gasteiger partial charge < -0.3 is 9.64 Å². The van der Waals surface area contributed by atoms with E-state index in [4.69, 9.17) is 0 Å². The molecule has 3 heterocycles. The maximum atomic E-state index is 12.5. The molecule has 1 amide bonds. The number of piperidine rings is 1. The molecule has 3 rings (SSSR count). The number of nitrogens with zero attached hydrogens (tertiary/aromatic N) is 4. The van der Waals surface area contributed by atoms with Gasteiger partial charge in [-0.3, -0.25) is 4.79 Å². The van der Waals surface area contributed by atoms with Crippen LogP contribution in [0.3, 0.4) is 0 Å². The van der Waals surface area contributed by atoms with Crippen molar-refractivity contribution >= 4 is 5.91 Å². The van der Waals surface area contributed by atoms with Crippen molar-refractivity contribution in [1.29, 1.82) is 0 Å². The topological polar surface area (TPSA) is 68.2 Å². The van der Waals surface area contributed by atoms with E-state index >= 15 is 0 Å². The number of aryl methyl sites for hydroxylation is 1. The molecule has 25 heavy (non-hydrogen) atoms. The zero-order chi connectivity index (χ0) is 17.8. The van der Waals surface area contributed by atoms with Crippen molar-refractivity contribution in [2.75, 3.05) is 13.1 Å². The first-order valence-corrected chi connectivity index (χ1v) is 8.02. The molecule has 2 aromatic heterocycles. The van der Waals surface area contributed by atoms with E-state index in [1.807, 2.05) is 13.0 Å². The van der Waals surface area contributed by atoms with Crippen LogP contribution in [0.25, 0.3) is 0 Å². The predicted molar refractivity (Wildman–Crippen MR) is 85.5 cm³/mol. The lowest BCUT2D eigenvalue weighted by Crippen LogP contribution is -2.38. The Morgan fingerprint density at radius 3 is 2.60 bits per heavy atom. The van der Waals surface area contributed by atoms with Crippen LogP contribution >= 0.6 is 0 Å². The summed E-state index contributed by atoms with van der Waals surface area (Å²) in [5, 5.41) is 0. The van der Waals surface area contributed by atoms with Gasteiger partial charge in [-0.25, -0.2) is 15.0 Å². The Labute approximate surface area is 143 Å². The number of aromatic nitrogens is 3. The van der Waals surface area contributed by atoms with Gasteiger partial charge in [0.1, 0.15) is 17.3 Å². The summed E-state index contributed by atoms with van der Waals surface area (Å²) in [4.78, 5) is 26.9. The monoisotopic (exact) mass is 348 g/mol. The van der Waals surface area contributed by atoms with Crippen LogP contribution in [0.15, 0.2) is 30.6 Å². The number of alkyl halides is 2. The van der Waals surface area contributed by atoms with Crippen molar-refractivity contribution in [2.45, 2.75) is 32.3 Å². The largest absolute Gasteiger partial charge is 0.433 e. The van der Waals surface area contributed by atoms with E-state index < -0.39 is 6.61 Å². The first kappa shape index (κ1) is 17.2. The van der Waals surface area contributed by atoms with Gasteiger partial charge in [0, 0.05) is 30.9 Å². The highest BCUT2D eigenvalue weighted by Gasteiger charge is 2.26. The van der Waals surface area contributed by atoms with Crippen LogP contribution in [0.2, 0.25) is 0 Å². The highest BCUT2D eigenvalue weighted by Crippen LogP contribution is 2.26. The van der Waals surface area contributed by atoms with Crippen LogP contribution in [0.4, 0.5) is 8.78 Å². The molecule has 1 saturated heterocycles. The zero-order valence-electron chi connectivity index (χ0n) is 13.7. The number of pyridine rings is 1. The molecule has 132 valence electrons. The third kappa shape index (κ3) is 4.26. The van der Waals surface area contributed by atoms with E-state index in [1.165, 1.54) is 12.1 Å². The molecule has 2 aromatic rings. The van der Waals surface area contributed by atoms with Gasteiger partial charge in [0.05, 0.1) is 6.20 Å². The molecule has 0 N–H and O–H groups in total. The third-order valence-electron chi connectivity index (χ3n) is 4.14. The predicted octanol–water partition coefficient (Wildman–Crippen LogP) is 2.80. The molecule has 0 saturated carbocycles. The minimum atomic E-state index is -2.91. The number of hydrogen-bond donors (Lipinski definition) is 0. The Bertz CT molecular complexity index is 732. The summed E-state index contributed by atoms with van der Waals surface area (Å²) < 4.78 is 28.5. The van der Waals surface area contributed by atoms with Crippen LogP contribution < -0.4 is 4.74 Å². The van der Waals surface area contributed by atoms with Crippen LogP contribution in [0.5, 0.6) is 5.75 Å². The highest BCUT2D eigenvalue weighted by molar-refractivity contribution is 5.92. The van der Waals surface area contributed by atoms with Crippen molar-refractivity contribution < 1.29 is 18.3 Å². The lowest BCUT2D eigenvalue weighted by molar-refractivity contribution is -0.0500. The summed E-state index contributed by atoms with van der Waals surface area (Å²) in [6.45, 7) is 0.179. The summed E-state index contributed by atoms with van der Waals surface area (Å²) in [6, 6.07) is 4.57. The van der Waals surface area contributed by atoms with E-state index in [-0.39, 0.29) is 23.3 Å². The molecule has 6 nitrogen and oxygen atoms in total. The Hall–Kier alpha value is -2.64. The SMILES string of the molecule is Cc1ccnc(C2CCN(C(=O)c3ccc(OC(F)F)cn3)CC2)n1. The molecule has 0 radical (unpaired) electrons. The third-order valence-corrected chi connectivity index (χ3v) is 4.14. The van der Waals surface area contributed by atoms with Crippen LogP contribution in [-0.2, 0) is 0 Å². The summed E-state index contributed by atoms with van der Waals surface area (Å²) >= 11 is 0. The number of likely N-dealkylation sites (tertiary alicyclic amines) is 1. The smallest absolute Gasteiger partial charge is 0.387 e. The maximum Gasteiger partial charge on any atom is 0.387 e. The fourth-order valence-electron chi connectivity index (χ4n) is 2.85. The number of carbonyl (C=O) groups excluding carboxylic acids is 1. The summed E-state index contributed by atoms with van der Waals surface area (Å²) in [5.74, 6) is 0.770.